The number of amides is 2. The highest BCUT2D eigenvalue weighted by Gasteiger charge is 2.36. The molecule has 2 amide bonds. The van der Waals surface area contributed by atoms with E-state index in [1.54, 1.807) is 42.2 Å². The predicted octanol–water partition coefficient (Wildman–Crippen LogP) is 1.43. The second-order valence-corrected chi connectivity index (χ2v) is 7.20. The second kappa shape index (κ2) is 7.20. The number of nitrogens with zero attached hydrogens (tertiary/aromatic N) is 1. The molecule has 1 aromatic heterocycles. The Labute approximate surface area is 162 Å². The van der Waals surface area contributed by atoms with Gasteiger partial charge in [-0.25, -0.2) is 0 Å². The lowest BCUT2D eigenvalue weighted by atomic mass is 10.0. The molecule has 0 radical (unpaired) electrons. The van der Waals surface area contributed by atoms with Gasteiger partial charge in [0.15, 0.2) is 11.5 Å². The largest absolute Gasteiger partial charge is 0.486 e. The number of carbonyl (C=O) groups is 2. The summed E-state index contributed by atoms with van der Waals surface area (Å²) in [6, 6.07) is 8.63. The van der Waals surface area contributed by atoms with E-state index in [0.29, 0.717) is 36.2 Å². The lowest BCUT2D eigenvalue weighted by Gasteiger charge is -2.23. The molecule has 2 aromatic rings. The van der Waals surface area contributed by atoms with Crippen LogP contribution in [0.5, 0.6) is 11.5 Å². The van der Waals surface area contributed by atoms with Crippen molar-refractivity contribution in [3.63, 3.8) is 0 Å². The van der Waals surface area contributed by atoms with Crippen LogP contribution in [0.1, 0.15) is 19.1 Å². The Bertz CT molecular complexity index is 877. The van der Waals surface area contributed by atoms with Crippen LogP contribution < -0.4 is 19.7 Å². The number of fused-ring (bicyclic) bond motifs is 1. The van der Waals surface area contributed by atoms with E-state index >= 15 is 0 Å². The van der Waals surface area contributed by atoms with Gasteiger partial charge in [0.05, 0.1) is 18.7 Å². The molecule has 2 aliphatic rings. The van der Waals surface area contributed by atoms with Gasteiger partial charge < -0.3 is 29.2 Å². The van der Waals surface area contributed by atoms with Crippen LogP contribution in [0, 0.1) is 5.92 Å². The summed E-state index contributed by atoms with van der Waals surface area (Å²) in [4.78, 5) is 26.6. The number of ether oxygens (including phenoxy) is 2. The molecule has 28 heavy (non-hydrogen) atoms. The molecule has 8 heteroatoms. The number of aliphatic hydroxyl groups is 1. The first-order valence-electron chi connectivity index (χ1n) is 9.18. The van der Waals surface area contributed by atoms with Crippen LogP contribution >= 0.6 is 0 Å². The number of nitrogens with one attached hydrogen (secondary N) is 1. The van der Waals surface area contributed by atoms with Crippen molar-refractivity contribution in [3.05, 3.63) is 42.4 Å². The molecule has 148 valence electrons. The van der Waals surface area contributed by atoms with Gasteiger partial charge in [-0.1, -0.05) is 0 Å². The average Bonchev–Trinajstić information content (AvgIpc) is 3.36. The molecule has 4 rings (SSSR count). The molecule has 0 saturated carbocycles. The molecule has 1 fully saturated rings. The number of furan rings is 1. The topological polar surface area (TPSA) is 101 Å². The molecule has 2 unspecified atom stereocenters. The summed E-state index contributed by atoms with van der Waals surface area (Å²) in [6.07, 6.45) is 1.58. The van der Waals surface area contributed by atoms with Gasteiger partial charge in [-0.2, -0.15) is 0 Å². The number of hydrogen-bond acceptors (Lipinski definition) is 6. The second-order valence-electron chi connectivity index (χ2n) is 7.20. The van der Waals surface area contributed by atoms with Gasteiger partial charge in [-0.05, 0) is 31.2 Å². The van der Waals surface area contributed by atoms with Crippen LogP contribution in [0.25, 0.3) is 0 Å². The van der Waals surface area contributed by atoms with Crippen LogP contribution in [-0.2, 0) is 15.2 Å². The number of rotatable bonds is 5. The zero-order valence-corrected chi connectivity index (χ0v) is 15.5. The normalized spacial score (nSPS) is 20.7. The van der Waals surface area contributed by atoms with Gasteiger partial charge in [-0.3, -0.25) is 9.59 Å². The predicted molar refractivity (Wildman–Crippen MR) is 99.2 cm³/mol. The van der Waals surface area contributed by atoms with Crippen LogP contribution in [0.3, 0.4) is 0 Å². The highest BCUT2D eigenvalue weighted by Crippen LogP contribution is 2.36. The molecule has 8 nitrogen and oxygen atoms in total. The van der Waals surface area contributed by atoms with Crippen LogP contribution in [0.4, 0.5) is 5.69 Å². The quantitative estimate of drug-likeness (QED) is 0.806. The first kappa shape index (κ1) is 18.4. The maximum Gasteiger partial charge on any atom is 0.227 e. The van der Waals surface area contributed by atoms with Crippen LogP contribution in [-0.4, -0.2) is 43.2 Å². The summed E-state index contributed by atoms with van der Waals surface area (Å²) in [7, 11) is 0. The Hall–Kier alpha value is -3.00. The van der Waals surface area contributed by atoms with Crippen molar-refractivity contribution in [2.24, 2.45) is 5.92 Å². The van der Waals surface area contributed by atoms with Crippen molar-refractivity contribution in [1.29, 1.82) is 0 Å². The van der Waals surface area contributed by atoms with Crippen LogP contribution in [0.2, 0.25) is 0 Å². The van der Waals surface area contributed by atoms with E-state index in [4.69, 9.17) is 13.9 Å². The SMILES string of the molecule is CC(O)(CNC(=O)C1CC(=O)N(c2ccc3c(c2)OCCO3)C1)c1ccco1. The molecule has 1 aromatic carbocycles. The Morgan fingerprint density at radius 2 is 2.07 bits per heavy atom. The van der Waals surface area contributed by atoms with Crippen molar-refractivity contribution in [3.8, 4) is 11.5 Å². The lowest BCUT2D eigenvalue weighted by molar-refractivity contribution is -0.127. The molecule has 1 saturated heterocycles. The minimum Gasteiger partial charge on any atom is -0.486 e. The van der Waals surface area contributed by atoms with E-state index in [1.165, 1.54) is 6.26 Å². The Kier molecular flexibility index (Phi) is 4.72. The monoisotopic (exact) mass is 386 g/mol. The molecule has 0 bridgehead atoms. The van der Waals surface area contributed by atoms with Gasteiger partial charge in [0.1, 0.15) is 24.6 Å². The van der Waals surface area contributed by atoms with Gasteiger partial charge >= 0.3 is 0 Å². The third-order valence-corrected chi connectivity index (χ3v) is 4.99. The van der Waals surface area contributed by atoms with Gasteiger partial charge in [0, 0.05) is 24.7 Å². The molecule has 2 atom stereocenters. The number of hydrogen-bond donors (Lipinski definition) is 2. The summed E-state index contributed by atoms with van der Waals surface area (Å²) in [5.41, 5.74) is -0.649. The van der Waals surface area contributed by atoms with E-state index in [2.05, 4.69) is 5.32 Å². The zero-order chi connectivity index (χ0) is 19.7. The van der Waals surface area contributed by atoms with E-state index in [-0.39, 0.29) is 31.3 Å². The van der Waals surface area contributed by atoms with Crippen molar-refractivity contribution in [1.82, 2.24) is 5.32 Å². The van der Waals surface area contributed by atoms with Gasteiger partial charge in [0.2, 0.25) is 11.8 Å². The summed E-state index contributed by atoms with van der Waals surface area (Å²) < 4.78 is 16.3. The standard InChI is InChI=1S/C20H22N2O6/c1-20(25,17-3-2-6-28-17)12-21-19(24)13-9-18(23)22(11-13)14-4-5-15-16(10-14)27-8-7-26-15/h2-6,10,13,25H,7-9,11-12H2,1H3,(H,21,24). The smallest absolute Gasteiger partial charge is 0.227 e. The van der Waals surface area contributed by atoms with E-state index < -0.39 is 11.5 Å². The number of anilines is 1. The van der Waals surface area contributed by atoms with E-state index in [1.807, 2.05) is 0 Å². The third kappa shape index (κ3) is 3.55. The maximum absolute atomic E-state index is 12.5. The van der Waals surface area contributed by atoms with Crippen LogP contribution in [0.15, 0.2) is 41.0 Å². The Balaban J connectivity index is 1.39. The first-order chi connectivity index (χ1) is 13.4. The highest BCUT2D eigenvalue weighted by atomic mass is 16.6. The molecule has 0 spiro atoms. The summed E-state index contributed by atoms with van der Waals surface area (Å²) >= 11 is 0. The Morgan fingerprint density at radius 3 is 2.82 bits per heavy atom. The highest BCUT2D eigenvalue weighted by molar-refractivity contribution is 6.00. The molecular weight excluding hydrogens is 364 g/mol. The molecule has 0 aliphatic carbocycles. The molecule has 3 heterocycles. The lowest BCUT2D eigenvalue weighted by Crippen LogP contribution is -2.41. The first-order valence-corrected chi connectivity index (χ1v) is 9.18. The fraction of sp³-hybridized carbons (Fsp3) is 0.400. The summed E-state index contributed by atoms with van der Waals surface area (Å²) in [6.45, 7) is 2.79. The molecule has 2 N–H and O–H groups in total. The van der Waals surface area contributed by atoms with Crippen molar-refractivity contribution < 1.29 is 28.6 Å². The minimum atomic E-state index is -1.32. The van der Waals surface area contributed by atoms with Crippen molar-refractivity contribution in [2.45, 2.75) is 18.9 Å². The number of benzene rings is 1. The minimum absolute atomic E-state index is 0.00589. The maximum atomic E-state index is 12.5. The van der Waals surface area contributed by atoms with E-state index in [9.17, 15) is 14.7 Å². The van der Waals surface area contributed by atoms with Crippen molar-refractivity contribution >= 4 is 17.5 Å². The third-order valence-electron chi connectivity index (χ3n) is 4.99. The summed E-state index contributed by atoms with van der Waals surface area (Å²) in [5.74, 6) is 0.714. The van der Waals surface area contributed by atoms with E-state index in [0.717, 1.165) is 0 Å². The molecule has 2 aliphatic heterocycles. The Morgan fingerprint density at radius 1 is 1.29 bits per heavy atom. The zero-order valence-electron chi connectivity index (χ0n) is 15.5. The van der Waals surface area contributed by atoms with Gasteiger partial charge in [0.25, 0.3) is 0 Å². The summed E-state index contributed by atoms with van der Waals surface area (Å²) in [5, 5.41) is 13.2. The fourth-order valence-electron chi connectivity index (χ4n) is 3.41. The van der Waals surface area contributed by atoms with Gasteiger partial charge in [-0.15, -0.1) is 0 Å². The molecular formula is C20H22N2O6. The van der Waals surface area contributed by atoms with Crippen molar-refractivity contribution in [2.75, 3.05) is 31.2 Å². The average molecular weight is 386 g/mol. The number of carbonyl (C=O) groups excluding carboxylic acids is 2. The fourth-order valence-corrected chi connectivity index (χ4v) is 3.41.